The minimum absolute atomic E-state index is 0.0293. The lowest BCUT2D eigenvalue weighted by Crippen LogP contribution is -2.42. The van der Waals surface area contributed by atoms with Crippen LogP contribution in [0.15, 0.2) is 34.4 Å². The van der Waals surface area contributed by atoms with Gasteiger partial charge in [-0.2, -0.15) is 9.29 Å². The molecule has 0 saturated carbocycles. The number of nitrogens with two attached hydrogens (primary N) is 1. The van der Waals surface area contributed by atoms with Crippen LogP contribution in [0.25, 0.3) is 33.7 Å². The van der Waals surface area contributed by atoms with Gasteiger partial charge in [0.25, 0.3) is 5.56 Å². The van der Waals surface area contributed by atoms with Crippen molar-refractivity contribution in [3.8, 4) is 11.5 Å². The second-order valence-electron chi connectivity index (χ2n) is 12.1. The van der Waals surface area contributed by atoms with Crippen molar-refractivity contribution in [1.29, 1.82) is 0 Å². The Kier molecular flexibility index (Phi) is 10.6. The van der Waals surface area contributed by atoms with Crippen LogP contribution in [0.1, 0.15) is 17.4 Å². The summed E-state index contributed by atoms with van der Waals surface area (Å²) < 4.78 is 46.6. The molecule has 26 heteroatoms. The zero-order chi connectivity index (χ0) is 38.6. The SMILES string of the molecule is Cc1cc2nc3c(=O)[nH]c(=O)nc-3n(C[C@H](O)[C@H](O)[C@H](O)COP(=O)(O)OP(=O)(O)OC[C@H]3OC(n4cnc5c(N)ncnc54)[C@H](O)[C@@H]3O)c2cc1C. The molecule has 53 heavy (non-hydrogen) atoms. The number of anilines is 1. The van der Waals surface area contributed by atoms with E-state index < -0.39 is 89.5 Å². The molecule has 0 amide bonds. The van der Waals surface area contributed by atoms with Gasteiger partial charge in [0, 0.05) is 0 Å². The largest absolute Gasteiger partial charge is 0.481 e. The molecule has 0 spiro atoms. The van der Waals surface area contributed by atoms with Gasteiger partial charge in [-0.25, -0.2) is 33.9 Å². The Bertz CT molecular complexity index is 2350. The lowest BCUT2D eigenvalue weighted by molar-refractivity contribution is -0.0794. The molecule has 10 N–H and O–H groups in total. The number of H-pyrrole nitrogens is 1. The zero-order valence-electron chi connectivity index (χ0n) is 27.5. The number of imidazole rings is 1. The van der Waals surface area contributed by atoms with Gasteiger partial charge < -0.3 is 50.4 Å². The van der Waals surface area contributed by atoms with Crippen molar-refractivity contribution >= 4 is 43.7 Å². The molecule has 0 bridgehead atoms. The summed E-state index contributed by atoms with van der Waals surface area (Å²) >= 11 is 0. The summed E-state index contributed by atoms with van der Waals surface area (Å²) in [6, 6.07) is 3.29. The summed E-state index contributed by atoms with van der Waals surface area (Å²) in [5.74, 6) is -0.212. The van der Waals surface area contributed by atoms with Crippen molar-refractivity contribution in [2.24, 2.45) is 0 Å². The van der Waals surface area contributed by atoms with E-state index in [4.69, 9.17) is 15.0 Å². The normalized spacial score (nSPS) is 23.3. The van der Waals surface area contributed by atoms with Gasteiger partial charge in [-0.15, -0.1) is 0 Å². The molecule has 3 aliphatic rings. The number of nitrogens with one attached hydrogen (secondary N) is 1. The summed E-state index contributed by atoms with van der Waals surface area (Å²) in [4.78, 5) is 66.6. The van der Waals surface area contributed by atoms with E-state index in [2.05, 4.69) is 33.8 Å². The number of phosphoric acid groups is 2. The van der Waals surface area contributed by atoms with Gasteiger partial charge in [0.15, 0.2) is 29.2 Å². The average molecular weight is 786 g/mol. The number of fused-ring (bicyclic) bond motifs is 3. The topological polar surface area (TPSA) is 363 Å². The number of aryl methyl sites for hydroxylation is 2. The minimum Gasteiger partial charge on any atom is -0.388 e. The number of aromatic amines is 1. The van der Waals surface area contributed by atoms with Crippen molar-refractivity contribution in [3.63, 3.8) is 0 Å². The molecule has 1 fully saturated rings. The summed E-state index contributed by atoms with van der Waals surface area (Å²) in [7, 11) is -11.0. The van der Waals surface area contributed by atoms with Crippen LogP contribution in [0.3, 0.4) is 0 Å². The molecular formula is C27H33N9O15P2. The number of nitrogens with zero attached hydrogens (tertiary/aromatic N) is 7. The van der Waals surface area contributed by atoms with E-state index in [9.17, 15) is 54.0 Å². The van der Waals surface area contributed by atoms with Crippen LogP contribution in [0.5, 0.6) is 0 Å². The highest BCUT2D eigenvalue weighted by atomic mass is 31.3. The van der Waals surface area contributed by atoms with E-state index in [-0.39, 0.29) is 34.0 Å². The molecule has 24 nitrogen and oxygen atoms in total. The first-order chi connectivity index (χ1) is 24.9. The van der Waals surface area contributed by atoms with Crippen LogP contribution in [0.2, 0.25) is 0 Å². The Hall–Kier alpha value is -4.13. The molecule has 2 aromatic heterocycles. The van der Waals surface area contributed by atoms with Crippen LogP contribution in [0, 0.1) is 13.8 Å². The van der Waals surface area contributed by atoms with Crippen molar-refractivity contribution < 1.29 is 62.5 Å². The summed E-state index contributed by atoms with van der Waals surface area (Å²) in [5.41, 5.74) is 6.11. The van der Waals surface area contributed by atoms with Gasteiger partial charge in [-0.3, -0.25) is 23.4 Å². The highest BCUT2D eigenvalue weighted by molar-refractivity contribution is 7.61. The van der Waals surface area contributed by atoms with E-state index in [1.165, 1.54) is 15.5 Å². The molecule has 0 radical (unpaired) electrons. The Labute approximate surface area is 295 Å². The third-order valence-electron chi connectivity index (χ3n) is 8.40. The number of hydrogen-bond acceptors (Lipinski definition) is 19. The molecule has 3 unspecified atom stereocenters. The molecule has 1 aromatic carbocycles. The summed E-state index contributed by atoms with van der Waals surface area (Å²) in [6.07, 6.45) is -9.93. The van der Waals surface area contributed by atoms with Gasteiger partial charge in [0.2, 0.25) is 0 Å². The molecule has 3 aliphatic heterocycles. The van der Waals surface area contributed by atoms with Gasteiger partial charge in [0.1, 0.15) is 48.5 Å². The number of aromatic nitrogens is 8. The second-order valence-corrected chi connectivity index (χ2v) is 15.1. The fraction of sp³-hybridized carbons (Fsp3) is 0.444. The number of hydrogen-bond donors (Lipinski definition) is 9. The smallest absolute Gasteiger partial charge is 0.388 e. The maximum Gasteiger partial charge on any atom is 0.481 e. The van der Waals surface area contributed by atoms with E-state index in [1.807, 2.05) is 4.98 Å². The van der Waals surface area contributed by atoms with Crippen molar-refractivity contribution in [2.45, 2.75) is 63.2 Å². The van der Waals surface area contributed by atoms with Gasteiger partial charge >= 0.3 is 21.3 Å². The van der Waals surface area contributed by atoms with Gasteiger partial charge in [-0.05, 0) is 37.1 Å². The lowest BCUT2D eigenvalue weighted by Gasteiger charge is -2.26. The summed E-state index contributed by atoms with van der Waals surface area (Å²) in [5, 5.41) is 53.0. The third-order valence-corrected chi connectivity index (χ3v) is 11.0. The number of aliphatic hydroxyl groups excluding tert-OH is 5. The number of phosphoric ester groups is 2. The molecule has 0 aliphatic carbocycles. The molecule has 3 aromatic rings. The van der Waals surface area contributed by atoms with Crippen molar-refractivity contribution in [3.05, 3.63) is 56.8 Å². The Balaban J connectivity index is 1.07. The molecule has 9 atom stereocenters. The Morgan fingerprint density at radius 2 is 1.68 bits per heavy atom. The van der Waals surface area contributed by atoms with E-state index in [0.29, 0.717) is 5.52 Å². The fourth-order valence-electron chi connectivity index (χ4n) is 5.55. The molecule has 1 saturated heterocycles. The number of ether oxygens (including phenoxy) is 1. The molecule has 286 valence electrons. The highest BCUT2D eigenvalue weighted by Crippen LogP contribution is 2.60. The van der Waals surface area contributed by atoms with Crippen LogP contribution >= 0.6 is 15.6 Å². The second kappa shape index (κ2) is 14.6. The first-order valence-electron chi connectivity index (χ1n) is 15.4. The molecule has 5 heterocycles. The minimum atomic E-state index is -5.54. The zero-order valence-corrected chi connectivity index (χ0v) is 29.3. The first-order valence-corrected chi connectivity index (χ1v) is 18.4. The van der Waals surface area contributed by atoms with Gasteiger partial charge in [-0.1, -0.05) is 0 Å². The standard InChI is InChI=1S/C27H33N9O15P2/c1-10-3-12-13(4-11(10)2)35(24-18(32-12)25(42)34-27(43)33-24)5-14(37)19(39)15(38)6-48-52(44,45)51-53(46,47)49-7-16-20(40)21(41)26(50-16)36-9-31-17-22(28)29-8-30-23(17)36/h3-4,8-9,14-16,19-21,26,37-41H,5-7H2,1-2H3,(H,44,45)(H,46,47)(H2,28,29,30)(H,34,42,43)/t14-,15+,16+,19-,20+,21+,26?/m0/s1. The van der Waals surface area contributed by atoms with Crippen LogP contribution in [-0.4, -0.2) is 124 Å². The molecular weight excluding hydrogens is 752 g/mol. The van der Waals surface area contributed by atoms with Gasteiger partial charge in [0.05, 0.1) is 37.1 Å². The van der Waals surface area contributed by atoms with E-state index in [1.54, 1.807) is 26.0 Å². The Morgan fingerprint density at radius 1 is 0.981 bits per heavy atom. The quantitative estimate of drug-likeness (QED) is 0.0443. The van der Waals surface area contributed by atoms with Crippen LogP contribution < -0.4 is 17.0 Å². The highest BCUT2D eigenvalue weighted by Gasteiger charge is 2.46. The predicted octanol–water partition coefficient (Wildman–Crippen LogP) is -2.42. The maximum absolute atomic E-state index is 12.5. The Morgan fingerprint density at radius 3 is 2.42 bits per heavy atom. The predicted molar refractivity (Wildman–Crippen MR) is 177 cm³/mol. The van der Waals surface area contributed by atoms with Crippen LogP contribution in [-0.2, 0) is 33.8 Å². The van der Waals surface area contributed by atoms with Crippen LogP contribution in [0.4, 0.5) is 5.82 Å². The third kappa shape index (κ3) is 7.91. The van der Waals surface area contributed by atoms with E-state index >= 15 is 0 Å². The van der Waals surface area contributed by atoms with Crippen molar-refractivity contribution in [2.75, 3.05) is 18.9 Å². The number of rotatable bonds is 13. The number of nitrogen functional groups attached to an aromatic ring is 1. The number of aliphatic hydroxyl groups is 5. The maximum atomic E-state index is 12.5. The summed E-state index contributed by atoms with van der Waals surface area (Å²) in [6.45, 7) is 0.795. The lowest BCUT2D eigenvalue weighted by atomic mass is 10.1. The monoisotopic (exact) mass is 785 g/mol. The number of benzene rings is 1. The average Bonchev–Trinajstić information content (AvgIpc) is 3.63. The fourth-order valence-corrected chi connectivity index (χ4v) is 7.65. The first kappa shape index (κ1) is 38.6. The molecule has 6 rings (SSSR count). The van der Waals surface area contributed by atoms with E-state index in [0.717, 1.165) is 17.5 Å². The van der Waals surface area contributed by atoms with Crippen molar-refractivity contribution in [1.82, 2.24) is 39.0 Å².